The number of unbranched alkanes of at least 4 members (excludes halogenated alkanes) is 1. The largest absolute Gasteiger partial charge is 0.484 e. The number of ether oxygens (including phenoxy) is 2. The van der Waals surface area contributed by atoms with E-state index in [0.29, 0.717) is 11.8 Å². The lowest BCUT2D eigenvalue weighted by atomic mass is 9.87. The Labute approximate surface area is 251 Å². The number of aromatic nitrogens is 2. The first-order chi connectivity index (χ1) is 20.5. The number of benzene rings is 1. The van der Waals surface area contributed by atoms with E-state index in [1.54, 1.807) is 20.4 Å². The molecule has 0 radical (unpaired) electrons. The van der Waals surface area contributed by atoms with Crippen LogP contribution in [-0.2, 0) is 11.3 Å². The number of methoxy groups -OCH3 is 2. The van der Waals surface area contributed by atoms with Gasteiger partial charge in [-0.1, -0.05) is 49.8 Å². The van der Waals surface area contributed by atoms with Gasteiger partial charge in [0.25, 0.3) is 0 Å². The maximum atomic E-state index is 5.72. The quantitative estimate of drug-likeness (QED) is 0.164. The number of hydrogen-bond acceptors (Lipinski definition) is 7. The number of likely N-dealkylation sites (tertiary alicyclic amines) is 1. The molecule has 1 aliphatic carbocycles. The highest BCUT2D eigenvalue weighted by molar-refractivity contribution is 5.84. The normalized spacial score (nSPS) is 17.9. The molecule has 2 aliphatic rings. The van der Waals surface area contributed by atoms with Crippen molar-refractivity contribution in [1.29, 1.82) is 0 Å². The predicted octanol–water partition coefficient (Wildman–Crippen LogP) is 7.19. The maximum absolute atomic E-state index is 5.72. The number of rotatable bonds is 11. The fraction of sp³-hybridized carbons (Fsp3) is 0.429. The summed E-state index contributed by atoms with van der Waals surface area (Å²) in [6, 6.07) is 6.29. The lowest BCUT2D eigenvalue weighted by molar-refractivity contribution is 0.214. The van der Waals surface area contributed by atoms with Crippen LogP contribution in [-0.4, -0.2) is 54.8 Å². The highest BCUT2D eigenvalue weighted by atomic mass is 16.5. The molecule has 1 saturated heterocycles. The minimum Gasteiger partial charge on any atom is -0.484 e. The van der Waals surface area contributed by atoms with E-state index in [1.165, 1.54) is 19.3 Å². The molecule has 7 heteroatoms. The summed E-state index contributed by atoms with van der Waals surface area (Å²) < 4.78 is 11.3. The van der Waals surface area contributed by atoms with Crippen LogP contribution in [0.2, 0.25) is 0 Å². The van der Waals surface area contributed by atoms with Crippen LogP contribution in [0.15, 0.2) is 64.0 Å². The van der Waals surface area contributed by atoms with Gasteiger partial charge in [0.05, 0.1) is 37.7 Å². The van der Waals surface area contributed by atoms with E-state index in [0.717, 1.165) is 83.8 Å². The van der Waals surface area contributed by atoms with Crippen molar-refractivity contribution in [2.75, 3.05) is 27.3 Å². The second-order valence-corrected chi connectivity index (χ2v) is 10.7. The second kappa shape index (κ2) is 15.3. The molecule has 2 heterocycles. The summed E-state index contributed by atoms with van der Waals surface area (Å²) in [7, 11) is 3.33. The summed E-state index contributed by atoms with van der Waals surface area (Å²) >= 11 is 0. The van der Waals surface area contributed by atoms with Gasteiger partial charge in [0, 0.05) is 24.7 Å². The Kier molecular flexibility index (Phi) is 11.2. The molecule has 1 aromatic heterocycles. The standard InChI is InChI=1S/C35H43N5O2/c1-7-8-19-34(41-5)38-31(22-36-4)29-16-11-10-15-27(25(29)2)28-17-14-18-30(26(28)3)32-23-37-33(35(39-32)42-6)24-40-20-12-9-13-21-40/h10,14-15,17-18,22-23,29H,4,7-9,12-13,19-21,24H2,1-3,5-6H3/b31-22-,38-34+. The van der Waals surface area contributed by atoms with Crippen molar-refractivity contribution in [3.8, 4) is 29.0 Å². The summed E-state index contributed by atoms with van der Waals surface area (Å²) in [5.41, 5.74) is 7.78. The molecule has 4 rings (SSSR count). The highest BCUT2D eigenvalue weighted by Crippen LogP contribution is 2.36. The van der Waals surface area contributed by atoms with Gasteiger partial charge in [0.1, 0.15) is 5.69 Å². The maximum Gasteiger partial charge on any atom is 0.237 e. The molecular formula is C35H43N5O2. The van der Waals surface area contributed by atoms with Crippen molar-refractivity contribution in [2.45, 2.75) is 65.8 Å². The van der Waals surface area contributed by atoms with E-state index in [1.807, 2.05) is 12.3 Å². The lowest BCUT2D eigenvalue weighted by Crippen LogP contribution is -2.29. The average Bonchev–Trinajstić information content (AvgIpc) is 3.21. The molecular weight excluding hydrogens is 522 g/mol. The van der Waals surface area contributed by atoms with Gasteiger partial charge in [-0.25, -0.2) is 9.98 Å². The summed E-state index contributed by atoms with van der Waals surface area (Å²) in [6.07, 6.45) is 14.1. The average molecular weight is 566 g/mol. The van der Waals surface area contributed by atoms with Crippen molar-refractivity contribution in [2.24, 2.45) is 15.9 Å². The van der Waals surface area contributed by atoms with Crippen LogP contribution in [0, 0.1) is 24.7 Å². The minimum absolute atomic E-state index is 0.260. The van der Waals surface area contributed by atoms with Crippen LogP contribution < -0.4 is 4.74 Å². The van der Waals surface area contributed by atoms with Gasteiger partial charge in [-0.3, -0.25) is 14.9 Å². The van der Waals surface area contributed by atoms with Crippen LogP contribution in [0.25, 0.3) is 16.8 Å². The number of piperidine rings is 1. The summed E-state index contributed by atoms with van der Waals surface area (Å²) in [5.74, 6) is 7.56. The SMILES string of the molecule is C=N/C=C(\N=C(/CCCC)OC)C1C#CC=CC(c2cccc(-c3cnc(CN4CCCCC4)c(OC)n3)c2C)=C1C. The Morgan fingerprint density at radius 1 is 1.17 bits per heavy atom. The monoisotopic (exact) mass is 565 g/mol. The van der Waals surface area contributed by atoms with Gasteiger partial charge in [-0.05, 0) is 87.3 Å². The van der Waals surface area contributed by atoms with Crippen molar-refractivity contribution < 1.29 is 9.47 Å². The third-order valence-electron chi connectivity index (χ3n) is 7.90. The van der Waals surface area contributed by atoms with Gasteiger partial charge in [0.2, 0.25) is 5.88 Å². The molecule has 0 saturated carbocycles. The van der Waals surface area contributed by atoms with Crippen LogP contribution in [0.4, 0.5) is 0 Å². The number of allylic oxidation sites excluding steroid dienone is 4. The van der Waals surface area contributed by atoms with E-state index in [-0.39, 0.29) is 5.92 Å². The van der Waals surface area contributed by atoms with Crippen molar-refractivity contribution >= 4 is 18.2 Å². The Bertz CT molecular complexity index is 1450. The Morgan fingerprint density at radius 2 is 1.95 bits per heavy atom. The molecule has 2 aromatic rings. The first kappa shape index (κ1) is 30.9. The zero-order valence-corrected chi connectivity index (χ0v) is 25.7. The molecule has 42 heavy (non-hydrogen) atoms. The molecule has 0 bridgehead atoms. The molecule has 1 aliphatic heterocycles. The highest BCUT2D eigenvalue weighted by Gasteiger charge is 2.22. The Hall–Kier alpha value is -4.02. The summed E-state index contributed by atoms with van der Waals surface area (Å²) in [6.45, 7) is 13.0. The number of aliphatic imine (C=N–C) groups is 2. The van der Waals surface area contributed by atoms with Crippen molar-refractivity contribution in [1.82, 2.24) is 14.9 Å². The Morgan fingerprint density at radius 3 is 2.67 bits per heavy atom. The Balaban J connectivity index is 1.71. The van der Waals surface area contributed by atoms with Crippen LogP contribution >= 0.6 is 0 Å². The van der Waals surface area contributed by atoms with Gasteiger partial charge in [-0.2, -0.15) is 0 Å². The van der Waals surface area contributed by atoms with E-state index >= 15 is 0 Å². The van der Waals surface area contributed by atoms with Gasteiger partial charge in [-0.15, -0.1) is 0 Å². The summed E-state index contributed by atoms with van der Waals surface area (Å²) in [4.78, 5) is 21.1. The molecule has 1 fully saturated rings. The zero-order valence-electron chi connectivity index (χ0n) is 25.7. The van der Waals surface area contributed by atoms with Gasteiger partial charge < -0.3 is 9.47 Å². The third kappa shape index (κ3) is 7.43. The van der Waals surface area contributed by atoms with E-state index in [4.69, 9.17) is 24.4 Å². The second-order valence-electron chi connectivity index (χ2n) is 10.7. The number of nitrogens with zero attached hydrogens (tertiary/aromatic N) is 5. The van der Waals surface area contributed by atoms with Crippen LogP contribution in [0.5, 0.6) is 5.88 Å². The van der Waals surface area contributed by atoms with Crippen LogP contribution in [0.3, 0.4) is 0 Å². The smallest absolute Gasteiger partial charge is 0.237 e. The van der Waals surface area contributed by atoms with E-state index in [9.17, 15) is 0 Å². The molecule has 1 aromatic carbocycles. The predicted molar refractivity (Wildman–Crippen MR) is 172 cm³/mol. The fourth-order valence-electron chi connectivity index (χ4n) is 5.52. The van der Waals surface area contributed by atoms with E-state index < -0.39 is 0 Å². The first-order valence-corrected chi connectivity index (χ1v) is 14.9. The number of hydrogen-bond donors (Lipinski definition) is 0. The molecule has 0 N–H and O–H groups in total. The molecule has 0 spiro atoms. The molecule has 1 unspecified atom stereocenters. The fourth-order valence-corrected chi connectivity index (χ4v) is 5.52. The van der Waals surface area contributed by atoms with Crippen molar-refractivity contribution in [3.05, 3.63) is 70.8 Å². The first-order valence-electron chi connectivity index (χ1n) is 14.9. The summed E-state index contributed by atoms with van der Waals surface area (Å²) in [5, 5.41) is 0. The van der Waals surface area contributed by atoms with Crippen molar-refractivity contribution in [3.63, 3.8) is 0 Å². The zero-order chi connectivity index (χ0) is 29.9. The molecule has 0 amide bonds. The van der Waals surface area contributed by atoms with Crippen LogP contribution in [0.1, 0.15) is 69.2 Å². The van der Waals surface area contributed by atoms with Gasteiger partial charge in [0.15, 0.2) is 5.90 Å². The topological polar surface area (TPSA) is 72.2 Å². The molecule has 7 nitrogen and oxygen atoms in total. The molecule has 1 atom stereocenters. The van der Waals surface area contributed by atoms with E-state index in [2.05, 4.69) is 73.5 Å². The molecule has 220 valence electrons. The minimum atomic E-state index is -0.260. The third-order valence-corrected chi connectivity index (χ3v) is 7.90. The van der Waals surface area contributed by atoms with Gasteiger partial charge >= 0.3 is 0 Å². The lowest BCUT2D eigenvalue weighted by Gasteiger charge is -2.26.